The van der Waals surface area contributed by atoms with Crippen LogP contribution in [0.1, 0.15) is 15.9 Å². The molecule has 1 fully saturated rings. The number of carbonyl (C=O) groups excluding carboxylic acids is 1. The summed E-state index contributed by atoms with van der Waals surface area (Å²) < 4.78 is 0. The molecular formula is C13H19ClN4O4. The first-order valence-electron chi connectivity index (χ1n) is 6.61. The van der Waals surface area contributed by atoms with Crippen LogP contribution >= 0.6 is 12.4 Å². The summed E-state index contributed by atoms with van der Waals surface area (Å²) in [5, 5.41) is 26.3. The molecule has 0 bridgehead atoms. The van der Waals surface area contributed by atoms with Crippen molar-refractivity contribution < 1.29 is 14.8 Å². The Morgan fingerprint density at radius 1 is 1.55 bits per heavy atom. The second-order valence-corrected chi connectivity index (χ2v) is 5.20. The maximum atomic E-state index is 12.1. The molecule has 1 saturated heterocycles. The number of benzene rings is 1. The van der Waals surface area contributed by atoms with E-state index in [1.807, 2.05) is 0 Å². The summed E-state index contributed by atoms with van der Waals surface area (Å²) in [6.45, 7) is 3.06. The number of nitro groups is 1. The Morgan fingerprint density at radius 2 is 2.23 bits per heavy atom. The smallest absolute Gasteiger partial charge is 0.293 e. The first-order valence-corrected chi connectivity index (χ1v) is 6.61. The number of nitrogens with one attached hydrogen (secondary N) is 2. The van der Waals surface area contributed by atoms with Gasteiger partial charge in [-0.15, -0.1) is 12.4 Å². The van der Waals surface area contributed by atoms with E-state index in [2.05, 4.69) is 10.6 Å². The van der Waals surface area contributed by atoms with Gasteiger partial charge in [-0.05, 0) is 18.6 Å². The Kier molecular flexibility index (Phi) is 6.10. The van der Waals surface area contributed by atoms with Gasteiger partial charge in [0, 0.05) is 31.6 Å². The average molecular weight is 331 g/mol. The van der Waals surface area contributed by atoms with E-state index in [4.69, 9.17) is 5.73 Å². The lowest BCUT2D eigenvalue weighted by Crippen LogP contribution is -2.34. The number of aryl methyl sites for hydroxylation is 1. The molecule has 0 aromatic heterocycles. The molecule has 1 aromatic rings. The zero-order valence-corrected chi connectivity index (χ0v) is 12.9. The number of halogens is 1. The van der Waals surface area contributed by atoms with Crippen molar-refractivity contribution in [3.05, 3.63) is 33.4 Å². The van der Waals surface area contributed by atoms with Crippen LogP contribution in [0, 0.1) is 23.0 Å². The van der Waals surface area contributed by atoms with Crippen molar-refractivity contribution in [2.24, 2.45) is 5.92 Å². The van der Waals surface area contributed by atoms with E-state index in [9.17, 15) is 20.0 Å². The second kappa shape index (κ2) is 7.39. The molecule has 1 heterocycles. The van der Waals surface area contributed by atoms with Crippen LogP contribution in [0.3, 0.4) is 0 Å². The topological polar surface area (TPSA) is 131 Å². The van der Waals surface area contributed by atoms with Gasteiger partial charge in [0.15, 0.2) is 0 Å². The molecule has 9 heteroatoms. The number of carbonyl (C=O) groups is 1. The third kappa shape index (κ3) is 3.85. The van der Waals surface area contributed by atoms with Crippen molar-refractivity contribution in [1.29, 1.82) is 0 Å². The minimum atomic E-state index is -0.607. The fraction of sp³-hybridized carbons (Fsp3) is 0.462. The lowest BCUT2D eigenvalue weighted by Gasteiger charge is -2.15. The molecule has 0 radical (unpaired) electrons. The minimum Gasteiger partial charge on any atom is -0.393 e. The highest BCUT2D eigenvalue weighted by molar-refractivity contribution is 6.01. The van der Waals surface area contributed by atoms with Crippen LogP contribution in [0.4, 0.5) is 11.4 Å². The fourth-order valence-corrected chi connectivity index (χ4v) is 2.36. The zero-order chi connectivity index (χ0) is 15.6. The van der Waals surface area contributed by atoms with Crippen molar-refractivity contribution >= 4 is 29.7 Å². The molecule has 1 amide bonds. The van der Waals surface area contributed by atoms with Crippen LogP contribution < -0.4 is 16.4 Å². The van der Waals surface area contributed by atoms with Gasteiger partial charge in [-0.3, -0.25) is 14.9 Å². The number of hydrogen-bond donors (Lipinski definition) is 4. The van der Waals surface area contributed by atoms with Gasteiger partial charge < -0.3 is 21.5 Å². The third-order valence-electron chi connectivity index (χ3n) is 3.57. The molecule has 0 saturated carbocycles. The Bertz CT molecular complexity index is 581. The van der Waals surface area contributed by atoms with Crippen molar-refractivity contribution in [3.8, 4) is 0 Å². The molecule has 0 spiro atoms. The van der Waals surface area contributed by atoms with Crippen LogP contribution in [0.25, 0.3) is 0 Å². The predicted octanol–water partition coefficient (Wildman–Crippen LogP) is 0.217. The van der Waals surface area contributed by atoms with E-state index in [0.29, 0.717) is 18.7 Å². The van der Waals surface area contributed by atoms with E-state index >= 15 is 0 Å². The van der Waals surface area contributed by atoms with E-state index in [-0.39, 0.29) is 41.8 Å². The molecule has 22 heavy (non-hydrogen) atoms. The first kappa shape index (κ1) is 18.1. The van der Waals surface area contributed by atoms with Gasteiger partial charge in [-0.25, -0.2) is 0 Å². The standard InChI is InChI=1S/C13H18N4O4.ClH/c1-7-2-9(12(14)10(3-7)17(20)21)13(19)16-5-8-4-15-6-11(8)18;/h2-3,8,11,15,18H,4-6,14H2,1H3,(H,16,19);1H. The van der Waals surface area contributed by atoms with Gasteiger partial charge in [0.2, 0.25) is 0 Å². The minimum absolute atomic E-state index is 0. The highest BCUT2D eigenvalue weighted by Gasteiger charge is 2.26. The van der Waals surface area contributed by atoms with Gasteiger partial charge in [0.05, 0.1) is 16.6 Å². The normalized spacial score (nSPS) is 20.3. The van der Waals surface area contributed by atoms with Crippen LogP contribution in [0.15, 0.2) is 12.1 Å². The summed E-state index contributed by atoms with van der Waals surface area (Å²) in [6.07, 6.45) is -0.505. The third-order valence-corrected chi connectivity index (χ3v) is 3.57. The number of amides is 1. The van der Waals surface area contributed by atoms with Crippen LogP contribution in [0.2, 0.25) is 0 Å². The quantitative estimate of drug-likeness (QED) is 0.355. The fourth-order valence-electron chi connectivity index (χ4n) is 2.36. The molecule has 1 aliphatic rings. The molecular weight excluding hydrogens is 312 g/mol. The number of hydrogen-bond acceptors (Lipinski definition) is 6. The second-order valence-electron chi connectivity index (χ2n) is 5.20. The van der Waals surface area contributed by atoms with Crippen LogP contribution in [0.5, 0.6) is 0 Å². The molecule has 8 nitrogen and oxygen atoms in total. The monoisotopic (exact) mass is 330 g/mol. The predicted molar refractivity (Wildman–Crippen MR) is 84.2 cm³/mol. The number of nitrogens with zero attached hydrogens (tertiary/aromatic N) is 1. The molecule has 2 rings (SSSR count). The lowest BCUT2D eigenvalue weighted by atomic mass is 10.0. The van der Waals surface area contributed by atoms with Crippen molar-refractivity contribution in [3.63, 3.8) is 0 Å². The number of aliphatic hydroxyl groups excluding tert-OH is 1. The van der Waals surface area contributed by atoms with E-state index in [1.54, 1.807) is 6.92 Å². The Morgan fingerprint density at radius 3 is 2.77 bits per heavy atom. The van der Waals surface area contributed by atoms with Crippen molar-refractivity contribution in [1.82, 2.24) is 10.6 Å². The van der Waals surface area contributed by atoms with Gasteiger partial charge in [-0.1, -0.05) is 0 Å². The molecule has 1 aromatic carbocycles. The molecule has 2 atom stereocenters. The summed E-state index contributed by atoms with van der Waals surface area (Å²) in [6, 6.07) is 2.84. The Labute approximate surface area is 133 Å². The molecule has 0 aliphatic carbocycles. The maximum absolute atomic E-state index is 12.1. The van der Waals surface area contributed by atoms with E-state index in [0.717, 1.165) is 0 Å². The van der Waals surface area contributed by atoms with E-state index < -0.39 is 16.9 Å². The van der Waals surface area contributed by atoms with E-state index in [1.165, 1.54) is 12.1 Å². The van der Waals surface area contributed by atoms with Crippen LogP contribution in [-0.4, -0.2) is 41.7 Å². The summed E-state index contributed by atoms with van der Waals surface area (Å²) in [4.78, 5) is 22.4. The number of nitro benzene ring substituents is 1. The number of aliphatic hydroxyl groups is 1. The molecule has 1 aliphatic heterocycles. The Hall–Kier alpha value is -1.90. The van der Waals surface area contributed by atoms with Crippen LogP contribution in [-0.2, 0) is 0 Å². The number of nitrogen functional groups attached to an aromatic ring is 1. The van der Waals surface area contributed by atoms with Crippen molar-refractivity contribution in [2.75, 3.05) is 25.4 Å². The molecule has 122 valence electrons. The SMILES string of the molecule is Cc1cc(C(=O)NCC2CNCC2O)c(N)c([N+](=O)[O-])c1.Cl. The molecule has 2 unspecified atom stereocenters. The number of rotatable bonds is 4. The van der Waals surface area contributed by atoms with Crippen molar-refractivity contribution in [2.45, 2.75) is 13.0 Å². The molecule has 5 N–H and O–H groups in total. The highest BCUT2D eigenvalue weighted by Crippen LogP contribution is 2.27. The summed E-state index contributed by atoms with van der Waals surface area (Å²) in [7, 11) is 0. The summed E-state index contributed by atoms with van der Waals surface area (Å²) in [5.74, 6) is -0.548. The average Bonchev–Trinajstić information content (AvgIpc) is 2.83. The lowest BCUT2D eigenvalue weighted by molar-refractivity contribution is -0.384. The number of nitrogens with two attached hydrogens (primary N) is 1. The van der Waals surface area contributed by atoms with Gasteiger partial charge in [-0.2, -0.15) is 0 Å². The zero-order valence-electron chi connectivity index (χ0n) is 12.0. The van der Waals surface area contributed by atoms with Gasteiger partial charge >= 0.3 is 0 Å². The largest absolute Gasteiger partial charge is 0.393 e. The number of β-amino-alcohol motifs (C(OH)–C–C–N with tert-alkyl or cyclic N) is 1. The Balaban J connectivity index is 0.00000242. The first-order chi connectivity index (χ1) is 9.90. The highest BCUT2D eigenvalue weighted by atomic mass is 35.5. The summed E-state index contributed by atoms with van der Waals surface area (Å²) >= 11 is 0. The summed E-state index contributed by atoms with van der Waals surface area (Å²) in [5.41, 5.74) is 5.95. The maximum Gasteiger partial charge on any atom is 0.293 e. The number of anilines is 1. The van der Waals surface area contributed by atoms with Gasteiger partial charge in [0.1, 0.15) is 5.69 Å². The van der Waals surface area contributed by atoms with Gasteiger partial charge in [0.25, 0.3) is 11.6 Å².